The molecule has 0 spiro atoms. The Kier molecular flexibility index (Phi) is 3.89. The lowest BCUT2D eigenvalue weighted by Gasteiger charge is -2.10. The van der Waals surface area contributed by atoms with Gasteiger partial charge in [0, 0.05) is 6.54 Å². The standard InChI is InChI=1S/C11H14ClN3O2S/c1-6(2)17-4-3-15-7-5-8(12)13-9(7)10(16)14-11(15)18/h5-6,13H,3-4H2,1-2H3,(H,14,16,18). The second kappa shape index (κ2) is 5.26. The third kappa shape index (κ3) is 2.66. The zero-order chi connectivity index (χ0) is 13.3. The van der Waals surface area contributed by atoms with E-state index in [1.54, 1.807) is 10.6 Å². The van der Waals surface area contributed by atoms with E-state index >= 15 is 0 Å². The van der Waals surface area contributed by atoms with Gasteiger partial charge in [-0.3, -0.25) is 9.78 Å². The minimum absolute atomic E-state index is 0.159. The number of aromatic nitrogens is 3. The van der Waals surface area contributed by atoms with Crippen LogP contribution in [-0.4, -0.2) is 27.2 Å². The molecule has 0 amide bonds. The first kappa shape index (κ1) is 13.3. The molecule has 0 aliphatic carbocycles. The summed E-state index contributed by atoms with van der Waals surface area (Å²) in [4.78, 5) is 17.1. The van der Waals surface area contributed by atoms with Crippen LogP contribution in [0.4, 0.5) is 0 Å². The molecule has 2 aromatic rings. The molecule has 0 aromatic carbocycles. The van der Waals surface area contributed by atoms with E-state index in [2.05, 4.69) is 9.97 Å². The van der Waals surface area contributed by atoms with Gasteiger partial charge in [0.25, 0.3) is 5.56 Å². The molecule has 0 saturated carbocycles. The van der Waals surface area contributed by atoms with Crippen LogP contribution in [0.15, 0.2) is 10.9 Å². The Bertz CT molecular complexity index is 671. The SMILES string of the molecule is CC(C)OCCn1c(=S)[nH]c(=O)c2[nH]c(Cl)cc21. The van der Waals surface area contributed by atoms with Crippen LogP contribution in [0.2, 0.25) is 5.15 Å². The van der Waals surface area contributed by atoms with Gasteiger partial charge in [-0.1, -0.05) is 11.6 Å². The van der Waals surface area contributed by atoms with E-state index < -0.39 is 0 Å². The predicted octanol–water partition coefficient (Wildman–Crippen LogP) is 2.47. The summed E-state index contributed by atoms with van der Waals surface area (Å²) in [5.74, 6) is 0. The van der Waals surface area contributed by atoms with Crippen molar-refractivity contribution < 1.29 is 4.74 Å². The first-order chi connectivity index (χ1) is 8.49. The third-order valence-electron chi connectivity index (χ3n) is 2.51. The lowest BCUT2D eigenvalue weighted by atomic mass is 10.4. The number of aromatic amines is 2. The maximum atomic E-state index is 11.7. The van der Waals surface area contributed by atoms with Gasteiger partial charge in [-0.2, -0.15) is 0 Å². The lowest BCUT2D eigenvalue weighted by molar-refractivity contribution is 0.0729. The molecule has 0 saturated heterocycles. The van der Waals surface area contributed by atoms with Gasteiger partial charge < -0.3 is 14.3 Å². The number of H-pyrrole nitrogens is 2. The molecule has 7 heteroatoms. The van der Waals surface area contributed by atoms with Gasteiger partial charge in [0.1, 0.15) is 10.7 Å². The Hall–Kier alpha value is -1.11. The molecule has 0 fully saturated rings. The second-order valence-corrected chi connectivity index (χ2v) is 5.00. The van der Waals surface area contributed by atoms with Gasteiger partial charge in [0.15, 0.2) is 4.77 Å². The number of halogens is 1. The van der Waals surface area contributed by atoms with E-state index in [1.807, 2.05) is 13.8 Å². The molecule has 0 aliphatic heterocycles. The number of ether oxygens (including phenoxy) is 1. The summed E-state index contributed by atoms with van der Waals surface area (Å²) in [5, 5.41) is 0.412. The van der Waals surface area contributed by atoms with E-state index in [0.29, 0.717) is 34.1 Å². The summed E-state index contributed by atoms with van der Waals surface area (Å²) >= 11 is 11.0. The number of rotatable bonds is 4. The van der Waals surface area contributed by atoms with Crippen molar-refractivity contribution >= 4 is 34.9 Å². The highest BCUT2D eigenvalue weighted by Crippen LogP contribution is 2.15. The van der Waals surface area contributed by atoms with E-state index in [-0.39, 0.29) is 11.7 Å². The van der Waals surface area contributed by atoms with Gasteiger partial charge >= 0.3 is 0 Å². The van der Waals surface area contributed by atoms with E-state index in [4.69, 9.17) is 28.6 Å². The molecule has 18 heavy (non-hydrogen) atoms. The van der Waals surface area contributed by atoms with E-state index in [9.17, 15) is 4.79 Å². The molecule has 2 N–H and O–H groups in total. The summed E-state index contributed by atoms with van der Waals surface area (Å²) in [7, 11) is 0. The van der Waals surface area contributed by atoms with Crippen molar-refractivity contribution in [2.75, 3.05) is 6.61 Å². The number of hydrogen-bond acceptors (Lipinski definition) is 3. The van der Waals surface area contributed by atoms with Crippen molar-refractivity contribution in [1.82, 2.24) is 14.5 Å². The van der Waals surface area contributed by atoms with Gasteiger partial charge in [0.2, 0.25) is 0 Å². The highest BCUT2D eigenvalue weighted by atomic mass is 35.5. The van der Waals surface area contributed by atoms with Crippen LogP contribution in [0.3, 0.4) is 0 Å². The van der Waals surface area contributed by atoms with Crippen molar-refractivity contribution in [3.63, 3.8) is 0 Å². The smallest absolute Gasteiger partial charge is 0.276 e. The number of fused-ring (bicyclic) bond motifs is 1. The molecule has 0 atom stereocenters. The highest BCUT2D eigenvalue weighted by Gasteiger charge is 2.08. The van der Waals surface area contributed by atoms with E-state index in [1.165, 1.54) is 0 Å². The quantitative estimate of drug-likeness (QED) is 0.849. The van der Waals surface area contributed by atoms with Gasteiger partial charge in [-0.05, 0) is 32.1 Å². The maximum Gasteiger partial charge on any atom is 0.276 e. The van der Waals surface area contributed by atoms with Crippen LogP contribution in [0.5, 0.6) is 0 Å². The largest absolute Gasteiger partial charge is 0.377 e. The van der Waals surface area contributed by atoms with Crippen molar-refractivity contribution in [2.24, 2.45) is 0 Å². The van der Waals surface area contributed by atoms with Crippen LogP contribution < -0.4 is 5.56 Å². The summed E-state index contributed by atoms with van der Waals surface area (Å²) in [6, 6.07) is 1.69. The summed E-state index contributed by atoms with van der Waals surface area (Å²) in [5.41, 5.74) is 0.863. The predicted molar refractivity (Wildman–Crippen MR) is 73.8 cm³/mol. The van der Waals surface area contributed by atoms with Crippen molar-refractivity contribution in [2.45, 2.75) is 26.5 Å². The van der Waals surface area contributed by atoms with Gasteiger partial charge in [0.05, 0.1) is 18.2 Å². The molecule has 0 aliphatic rings. The summed E-state index contributed by atoms with van der Waals surface area (Å²) in [6.07, 6.45) is 0.159. The van der Waals surface area contributed by atoms with Gasteiger partial charge in [-0.25, -0.2) is 0 Å². The summed E-state index contributed by atoms with van der Waals surface area (Å²) in [6.45, 7) is 5.03. The zero-order valence-corrected chi connectivity index (χ0v) is 11.7. The molecule has 2 heterocycles. The number of hydrogen-bond donors (Lipinski definition) is 2. The first-order valence-corrected chi connectivity index (χ1v) is 6.40. The zero-order valence-electron chi connectivity index (χ0n) is 10.1. The maximum absolute atomic E-state index is 11.7. The minimum atomic E-state index is -0.261. The van der Waals surface area contributed by atoms with Crippen LogP contribution >= 0.6 is 23.8 Å². The molecule has 2 aromatic heterocycles. The Labute approximate surface area is 114 Å². The van der Waals surface area contributed by atoms with E-state index in [0.717, 1.165) is 0 Å². The van der Waals surface area contributed by atoms with Crippen molar-refractivity contribution in [1.29, 1.82) is 0 Å². The molecule has 5 nitrogen and oxygen atoms in total. The van der Waals surface area contributed by atoms with Crippen molar-refractivity contribution in [3.05, 3.63) is 26.3 Å². The fraction of sp³-hybridized carbons (Fsp3) is 0.455. The third-order valence-corrected chi connectivity index (χ3v) is 3.04. The lowest BCUT2D eigenvalue weighted by Crippen LogP contribution is -2.17. The normalized spacial score (nSPS) is 11.6. The van der Waals surface area contributed by atoms with Crippen molar-refractivity contribution in [3.8, 4) is 0 Å². The molecular weight excluding hydrogens is 274 g/mol. The van der Waals surface area contributed by atoms with Crippen LogP contribution in [0.25, 0.3) is 11.0 Å². The average Bonchev–Trinajstić information content (AvgIpc) is 2.65. The van der Waals surface area contributed by atoms with Crippen LogP contribution in [-0.2, 0) is 11.3 Å². The Morgan fingerprint density at radius 2 is 2.22 bits per heavy atom. The molecule has 0 unspecified atom stereocenters. The van der Waals surface area contributed by atoms with Crippen LogP contribution in [0.1, 0.15) is 13.8 Å². The fourth-order valence-corrected chi connectivity index (χ4v) is 2.22. The van der Waals surface area contributed by atoms with Gasteiger partial charge in [-0.15, -0.1) is 0 Å². The first-order valence-electron chi connectivity index (χ1n) is 5.62. The Morgan fingerprint density at radius 1 is 1.50 bits per heavy atom. The summed E-state index contributed by atoms with van der Waals surface area (Å²) < 4.78 is 7.66. The Balaban J connectivity index is 2.43. The molecule has 98 valence electrons. The number of nitrogens with one attached hydrogen (secondary N) is 2. The molecular formula is C11H14ClN3O2S. The second-order valence-electron chi connectivity index (χ2n) is 4.21. The number of nitrogens with zero attached hydrogens (tertiary/aromatic N) is 1. The molecule has 0 bridgehead atoms. The van der Waals surface area contributed by atoms with Crippen LogP contribution in [0, 0.1) is 4.77 Å². The molecule has 0 radical (unpaired) electrons. The monoisotopic (exact) mass is 287 g/mol. The minimum Gasteiger partial charge on any atom is -0.377 e. The topological polar surface area (TPSA) is 62.8 Å². The molecule has 2 rings (SSSR count). The highest BCUT2D eigenvalue weighted by molar-refractivity contribution is 7.71. The average molecular weight is 288 g/mol. The Morgan fingerprint density at radius 3 is 2.89 bits per heavy atom. The fourth-order valence-electron chi connectivity index (χ4n) is 1.74.